The summed E-state index contributed by atoms with van der Waals surface area (Å²) in [5.41, 5.74) is 2.40. The van der Waals surface area contributed by atoms with Crippen LogP contribution in [0.1, 0.15) is 64.1 Å². The minimum atomic E-state index is -0.335. The van der Waals surface area contributed by atoms with E-state index in [0.29, 0.717) is 48.1 Å². The van der Waals surface area contributed by atoms with Crippen molar-refractivity contribution in [1.29, 1.82) is 5.26 Å². The van der Waals surface area contributed by atoms with Gasteiger partial charge < -0.3 is 14.6 Å². The number of nitrogens with one attached hydrogen (secondary N) is 1. The third kappa shape index (κ3) is 4.45. The van der Waals surface area contributed by atoms with Crippen molar-refractivity contribution in [1.82, 2.24) is 9.80 Å². The fourth-order valence-corrected chi connectivity index (χ4v) is 5.90. The molecule has 1 aliphatic heterocycles. The number of rotatable bonds is 4. The van der Waals surface area contributed by atoms with Gasteiger partial charge in [-0.2, -0.15) is 5.26 Å². The van der Waals surface area contributed by atoms with Crippen molar-refractivity contribution < 1.29 is 14.0 Å². The number of carbonyl (C=O) groups excluding carboxylic acids is 2. The summed E-state index contributed by atoms with van der Waals surface area (Å²) in [6, 6.07) is 3.78. The van der Waals surface area contributed by atoms with E-state index in [-0.39, 0.29) is 17.9 Å². The number of piperazine rings is 1. The number of carbonyl (C=O) groups is 2. The molecule has 1 unspecified atom stereocenters. The molecule has 1 saturated heterocycles. The van der Waals surface area contributed by atoms with Crippen LogP contribution in [0.3, 0.4) is 0 Å². The van der Waals surface area contributed by atoms with Crippen molar-refractivity contribution in [3.05, 3.63) is 39.2 Å². The van der Waals surface area contributed by atoms with Gasteiger partial charge in [-0.25, -0.2) is 0 Å². The number of aryl methyl sites for hydroxylation is 3. The van der Waals surface area contributed by atoms with Crippen LogP contribution in [-0.4, -0.2) is 53.8 Å². The van der Waals surface area contributed by atoms with Crippen LogP contribution < -0.4 is 5.32 Å². The molecule has 2 amide bonds. The molecule has 0 aromatic carbocycles. The van der Waals surface area contributed by atoms with Gasteiger partial charge in [0.15, 0.2) is 0 Å². The average molecular weight is 455 g/mol. The van der Waals surface area contributed by atoms with E-state index in [0.717, 1.165) is 37.0 Å². The second kappa shape index (κ2) is 9.47. The first-order valence-electron chi connectivity index (χ1n) is 11.3. The van der Waals surface area contributed by atoms with E-state index in [9.17, 15) is 14.9 Å². The van der Waals surface area contributed by atoms with Crippen LogP contribution in [0.25, 0.3) is 0 Å². The normalized spacial score (nSPS) is 17.9. The monoisotopic (exact) mass is 454 g/mol. The molecule has 2 aromatic heterocycles. The molecule has 0 spiro atoms. The van der Waals surface area contributed by atoms with Gasteiger partial charge in [-0.05, 0) is 58.1 Å². The first kappa shape index (κ1) is 22.6. The van der Waals surface area contributed by atoms with Gasteiger partial charge in [0, 0.05) is 31.1 Å². The molecule has 3 heterocycles. The predicted molar refractivity (Wildman–Crippen MR) is 124 cm³/mol. The Kier molecular flexibility index (Phi) is 6.68. The fourth-order valence-electron chi connectivity index (χ4n) is 4.66. The molecule has 0 radical (unpaired) electrons. The van der Waals surface area contributed by atoms with Crippen LogP contribution in [-0.2, 0) is 17.6 Å². The van der Waals surface area contributed by atoms with E-state index in [1.54, 1.807) is 17.4 Å². The third-order valence-corrected chi connectivity index (χ3v) is 7.78. The summed E-state index contributed by atoms with van der Waals surface area (Å²) in [4.78, 5) is 31.0. The Morgan fingerprint density at radius 1 is 1.16 bits per heavy atom. The average Bonchev–Trinajstić information content (AvgIpc) is 3.20. The third-order valence-electron chi connectivity index (χ3n) is 6.57. The lowest BCUT2D eigenvalue weighted by molar-refractivity contribution is -0.121. The van der Waals surface area contributed by atoms with Gasteiger partial charge in [-0.1, -0.05) is 6.42 Å². The fraction of sp³-hybridized carbons (Fsp3) is 0.542. The van der Waals surface area contributed by atoms with Crippen molar-refractivity contribution in [2.75, 3.05) is 31.5 Å². The second-order valence-electron chi connectivity index (χ2n) is 8.70. The zero-order valence-electron chi connectivity index (χ0n) is 19.0. The Morgan fingerprint density at radius 2 is 1.88 bits per heavy atom. The molecule has 4 rings (SSSR count). The molecule has 32 heavy (non-hydrogen) atoms. The van der Waals surface area contributed by atoms with Gasteiger partial charge >= 0.3 is 0 Å². The highest BCUT2D eigenvalue weighted by molar-refractivity contribution is 7.16. The number of hydrogen-bond acceptors (Lipinski definition) is 6. The van der Waals surface area contributed by atoms with E-state index in [2.05, 4.69) is 16.3 Å². The molecular formula is C24H30N4O3S. The first-order valence-corrected chi connectivity index (χ1v) is 12.2. The van der Waals surface area contributed by atoms with Gasteiger partial charge in [0.25, 0.3) is 5.91 Å². The van der Waals surface area contributed by atoms with Crippen LogP contribution in [0.4, 0.5) is 5.00 Å². The van der Waals surface area contributed by atoms with Gasteiger partial charge in [-0.15, -0.1) is 11.3 Å². The van der Waals surface area contributed by atoms with Crippen LogP contribution in [0.5, 0.6) is 0 Å². The maximum absolute atomic E-state index is 13.0. The maximum atomic E-state index is 13.0. The summed E-state index contributed by atoms with van der Waals surface area (Å²) >= 11 is 1.56. The highest BCUT2D eigenvalue weighted by atomic mass is 32.1. The van der Waals surface area contributed by atoms with E-state index in [1.807, 2.05) is 25.7 Å². The number of fused-ring (bicyclic) bond motifs is 1. The quantitative estimate of drug-likeness (QED) is 0.708. The van der Waals surface area contributed by atoms with E-state index in [4.69, 9.17) is 4.42 Å². The molecule has 8 heteroatoms. The lowest BCUT2D eigenvalue weighted by atomic mass is 10.1. The van der Waals surface area contributed by atoms with Gasteiger partial charge in [0.1, 0.15) is 22.6 Å². The van der Waals surface area contributed by atoms with Crippen LogP contribution in [0.2, 0.25) is 0 Å². The predicted octanol–water partition coefficient (Wildman–Crippen LogP) is 3.88. The SMILES string of the molecule is Cc1cc(C(=O)N2CCN(C(C)C(=O)Nc3sc4c(c3C#N)CCCCC4)CC2)c(C)o1. The zero-order valence-corrected chi connectivity index (χ0v) is 19.8. The lowest BCUT2D eigenvalue weighted by Crippen LogP contribution is -2.54. The number of nitriles is 1. The molecule has 7 nitrogen and oxygen atoms in total. The maximum Gasteiger partial charge on any atom is 0.257 e. The van der Waals surface area contributed by atoms with Crippen LogP contribution in [0.15, 0.2) is 10.5 Å². The molecule has 1 aliphatic carbocycles. The zero-order chi connectivity index (χ0) is 22.8. The highest BCUT2D eigenvalue weighted by Crippen LogP contribution is 2.37. The highest BCUT2D eigenvalue weighted by Gasteiger charge is 2.30. The van der Waals surface area contributed by atoms with E-state index in [1.165, 1.54) is 11.3 Å². The summed E-state index contributed by atoms with van der Waals surface area (Å²) < 4.78 is 5.50. The lowest BCUT2D eigenvalue weighted by Gasteiger charge is -2.37. The topological polar surface area (TPSA) is 89.6 Å². The summed E-state index contributed by atoms with van der Waals surface area (Å²) in [6.07, 6.45) is 5.35. The summed E-state index contributed by atoms with van der Waals surface area (Å²) in [5, 5.41) is 13.4. The number of amides is 2. The number of hydrogen-bond donors (Lipinski definition) is 1. The Bertz CT molecular complexity index is 1060. The molecule has 2 aromatic rings. The Labute approximate surface area is 193 Å². The minimum absolute atomic E-state index is 0.0187. The first-order chi connectivity index (χ1) is 15.4. The Balaban J connectivity index is 1.37. The van der Waals surface area contributed by atoms with Gasteiger partial charge in [0.05, 0.1) is 17.2 Å². The number of thiophene rings is 1. The van der Waals surface area contributed by atoms with Crippen molar-refractivity contribution in [3.63, 3.8) is 0 Å². The van der Waals surface area contributed by atoms with Crippen LogP contribution in [0, 0.1) is 25.2 Å². The molecule has 1 N–H and O–H groups in total. The van der Waals surface area contributed by atoms with E-state index < -0.39 is 0 Å². The summed E-state index contributed by atoms with van der Waals surface area (Å²) in [6.45, 7) is 7.92. The van der Waals surface area contributed by atoms with Gasteiger partial charge in [0.2, 0.25) is 5.91 Å². The van der Waals surface area contributed by atoms with Crippen LogP contribution >= 0.6 is 11.3 Å². The molecule has 0 bridgehead atoms. The molecule has 0 saturated carbocycles. The molecule has 2 aliphatic rings. The largest absolute Gasteiger partial charge is 0.466 e. The molecule has 1 fully saturated rings. The Morgan fingerprint density at radius 3 is 2.53 bits per heavy atom. The van der Waals surface area contributed by atoms with Crippen molar-refractivity contribution in [3.8, 4) is 6.07 Å². The number of nitrogens with zero attached hydrogens (tertiary/aromatic N) is 3. The van der Waals surface area contributed by atoms with Crippen molar-refractivity contribution in [2.45, 2.75) is 58.9 Å². The standard InChI is InChI=1S/C24H30N4O3S/c1-15-13-19(17(3)31-15)24(30)28-11-9-27(10-12-28)16(2)22(29)26-23-20(14-25)18-7-5-4-6-8-21(18)32-23/h13,16H,4-12H2,1-3H3,(H,26,29). The minimum Gasteiger partial charge on any atom is -0.466 e. The Hall–Kier alpha value is -2.63. The smallest absolute Gasteiger partial charge is 0.257 e. The van der Waals surface area contributed by atoms with Crippen molar-refractivity contribution >= 4 is 28.2 Å². The van der Waals surface area contributed by atoms with Crippen molar-refractivity contribution in [2.24, 2.45) is 0 Å². The second-order valence-corrected chi connectivity index (χ2v) is 9.81. The number of anilines is 1. The molecule has 1 atom stereocenters. The summed E-state index contributed by atoms with van der Waals surface area (Å²) in [5.74, 6) is 1.26. The number of furan rings is 1. The van der Waals surface area contributed by atoms with E-state index >= 15 is 0 Å². The summed E-state index contributed by atoms with van der Waals surface area (Å²) in [7, 11) is 0. The van der Waals surface area contributed by atoms with Gasteiger partial charge in [-0.3, -0.25) is 14.5 Å². The molecule has 170 valence electrons. The molecular weight excluding hydrogens is 424 g/mol.